The third-order valence-corrected chi connectivity index (χ3v) is 5.65. The van der Waals surface area contributed by atoms with Crippen molar-refractivity contribution < 1.29 is 8.42 Å². The van der Waals surface area contributed by atoms with Crippen LogP contribution in [0.1, 0.15) is 0 Å². The van der Waals surface area contributed by atoms with E-state index in [0.29, 0.717) is 15.2 Å². The largest absolute Gasteiger partial charge is 0.398 e. The summed E-state index contributed by atoms with van der Waals surface area (Å²) in [5.41, 5.74) is 6.03. The molecule has 0 atom stereocenters. The first-order valence-electron chi connectivity index (χ1n) is 5.07. The highest BCUT2D eigenvalue weighted by atomic mass is 79.9. The van der Waals surface area contributed by atoms with E-state index >= 15 is 0 Å². The van der Waals surface area contributed by atoms with Gasteiger partial charge in [-0.3, -0.25) is 0 Å². The molecular weight excluding hydrogens is 408 g/mol. The maximum Gasteiger partial charge on any atom is 0.208 e. The van der Waals surface area contributed by atoms with Gasteiger partial charge in [0.2, 0.25) is 9.84 Å². The van der Waals surface area contributed by atoms with Gasteiger partial charge in [0.15, 0.2) is 0 Å². The first-order valence-corrected chi connectivity index (χ1v) is 8.11. The molecule has 0 radical (unpaired) electrons. The Morgan fingerprint density at radius 2 is 1.70 bits per heavy atom. The molecule has 0 bridgehead atoms. The van der Waals surface area contributed by atoms with Crippen molar-refractivity contribution in [3.05, 3.63) is 50.9 Å². The standard InChI is InChI=1S/C12H8BrCl2NO2S.ClH/c13-9-3-2-8(6-11(9)16)19(17,18)12-5-7(14)1-4-10(12)15;/h1-6H,16H2;1H. The van der Waals surface area contributed by atoms with E-state index in [-0.39, 0.29) is 27.2 Å². The van der Waals surface area contributed by atoms with Gasteiger partial charge in [0.1, 0.15) is 0 Å². The van der Waals surface area contributed by atoms with Gasteiger partial charge in [0.05, 0.1) is 14.8 Å². The Hall–Kier alpha value is -0.460. The van der Waals surface area contributed by atoms with Crippen LogP contribution in [0, 0.1) is 0 Å². The first kappa shape index (κ1) is 17.6. The summed E-state index contributed by atoms with van der Waals surface area (Å²) in [7, 11) is -3.75. The van der Waals surface area contributed by atoms with Crippen LogP contribution >= 0.6 is 51.5 Å². The number of anilines is 1. The third-order valence-electron chi connectivity index (χ3n) is 2.46. The molecule has 0 saturated carbocycles. The van der Waals surface area contributed by atoms with Gasteiger partial charge >= 0.3 is 0 Å². The fraction of sp³-hybridized carbons (Fsp3) is 0. The van der Waals surface area contributed by atoms with E-state index < -0.39 is 9.84 Å². The van der Waals surface area contributed by atoms with E-state index in [2.05, 4.69) is 15.9 Å². The van der Waals surface area contributed by atoms with Crippen molar-refractivity contribution >= 4 is 67.1 Å². The number of hydrogen-bond acceptors (Lipinski definition) is 3. The first-order chi connectivity index (χ1) is 8.82. The molecular formula is C12H9BrCl3NO2S. The third kappa shape index (κ3) is 3.40. The Kier molecular flexibility index (Phi) is 5.75. The summed E-state index contributed by atoms with van der Waals surface area (Å²) in [4.78, 5) is 0.0285. The molecule has 8 heteroatoms. The normalized spacial score (nSPS) is 10.9. The number of nitrogen functional groups attached to an aromatic ring is 1. The summed E-state index contributed by atoms with van der Waals surface area (Å²) in [6.07, 6.45) is 0. The number of sulfone groups is 1. The summed E-state index contributed by atoms with van der Waals surface area (Å²) in [5.74, 6) is 0. The molecule has 108 valence electrons. The van der Waals surface area contributed by atoms with Gasteiger partial charge in [-0.15, -0.1) is 12.4 Å². The van der Waals surface area contributed by atoms with Crippen molar-refractivity contribution in [3.63, 3.8) is 0 Å². The van der Waals surface area contributed by atoms with E-state index in [1.807, 2.05) is 0 Å². The van der Waals surface area contributed by atoms with Gasteiger partial charge in [-0.1, -0.05) is 23.2 Å². The zero-order chi connectivity index (χ0) is 14.2. The Morgan fingerprint density at radius 1 is 1.05 bits per heavy atom. The average Bonchev–Trinajstić information content (AvgIpc) is 2.35. The minimum absolute atomic E-state index is 0. The molecule has 0 amide bonds. The zero-order valence-electron chi connectivity index (χ0n) is 9.81. The maximum atomic E-state index is 12.5. The van der Waals surface area contributed by atoms with E-state index in [0.717, 1.165) is 0 Å². The monoisotopic (exact) mass is 415 g/mol. The molecule has 2 N–H and O–H groups in total. The molecule has 0 aromatic heterocycles. The van der Waals surface area contributed by atoms with Crippen LogP contribution in [0.4, 0.5) is 5.69 Å². The van der Waals surface area contributed by atoms with E-state index in [1.54, 1.807) is 6.07 Å². The number of benzene rings is 2. The second-order valence-corrected chi connectivity index (χ2v) is 7.38. The summed E-state index contributed by atoms with van der Waals surface area (Å²) in [5, 5.41) is 0.416. The molecule has 2 rings (SSSR count). The van der Waals surface area contributed by atoms with Crippen molar-refractivity contribution in [2.75, 3.05) is 5.73 Å². The fourth-order valence-corrected chi connectivity index (χ4v) is 3.79. The van der Waals surface area contributed by atoms with Crippen molar-refractivity contribution in [2.45, 2.75) is 9.79 Å². The molecule has 0 aliphatic carbocycles. The zero-order valence-corrected chi connectivity index (χ0v) is 14.5. The van der Waals surface area contributed by atoms with Crippen LogP contribution in [0.3, 0.4) is 0 Å². The van der Waals surface area contributed by atoms with Gasteiger partial charge < -0.3 is 5.73 Å². The van der Waals surface area contributed by atoms with Gasteiger partial charge in [0.25, 0.3) is 0 Å². The quantitative estimate of drug-likeness (QED) is 0.727. The highest BCUT2D eigenvalue weighted by Gasteiger charge is 2.21. The molecule has 2 aromatic rings. The lowest BCUT2D eigenvalue weighted by Gasteiger charge is -2.08. The van der Waals surface area contributed by atoms with Crippen LogP contribution in [0.2, 0.25) is 10.0 Å². The van der Waals surface area contributed by atoms with Crippen molar-refractivity contribution in [3.8, 4) is 0 Å². The van der Waals surface area contributed by atoms with Gasteiger partial charge in [0, 0.05) is 15.2 Å². The molecule has 0 aliphatic heterocycles. The topological polar surface area (TPSA) is 60.2 Å². The van der Waals surface area contributed by atoms with E-state index in [1.165, 1.54) is 30.3 Å². The summed E-state index contributed by atoms with van der Waals surface area (Å²) < 4.78 is 25.5. The molecule has 0 spiro atoms. The molecule has 0 fully saturated rings. The Bertz CT molecular complexity index is 750. The second-order valence-electron chi connectivity index (χ2n) is 3.76. The minimum Gasteiger partial charge on any atom is -0.398 e. The molecule has 0 unspecified atom stereocenters. The molecule has 3 nitrogen and oxygen atoms in total. The predicted octanol–water partition coefficient (Wildman–Crippen LogP) is 4.59. The van der Waals surface area contributed by atoms with Crippen LogP contribution in [-0.2, 0) is 9.84 Å². The summed E-state index contributed by atoms with van der Waals surface area (Å²) >= 11 is 14.9. The van der Waals surface area contributed by atoms with Gasteiger partial charge in [-0.05, 0) is 52.3 Å². The van der Waals surface area contributed by atoms with Crippen LogP contribution in [0.15, 0.2) is 50.7 Å². The minimum atomic E-state index is -3.75. The van der Waals surface area contributed by atoms with Crippen molar-refractivity contribution in [1.82, 2.24) is 0 Å². The van der Waals surface area contributed by atoms with Crippen LogP contribution in [-0.4, -0.2) is 8.42 Å². The van der Waals surface area contributed by atoms with Crippen LogP contribution in [0.25, 0.3) is 0 Å². The lowest BCUT2D eigenvalue weighted by atomic mass is 10.3. The van der Waals surface area contributed by atoms with E-state index in [9.17, 15) is 8.42 Å². The number of rotatable bonds is 2. The molecule has 0 heterocycles. The van der Waals surface area contributed by atoms with Crippen LogP contribution < -0.4 is 5.73 Å². The SMILES string of the molecule is Cl.Nc1cc(S(=O)(=O)c2cc(Cl)ccc2Cl)ccc1Br. The van der Waals surface area contributed by atoms with Gasteiger partial charge in [-0.2, -0.15) is 0 Å². The molecule has 0 aliphatic rings. The fourth-order valence-electron chi connectivity index (χ4n) is 1.50. The maximum absolute atomic E-state index is 12.5. The van der Waals surface area contributed by atoms with Gasteiger partial charge in [-0.25, -0.2) is 8.42 Å². The van der Waals surface area contributed by atoms with E-state index in [4.69, 9.17) is 28.9 Å². The van der Waals surface area contributed by atoms with Crippen LogP contribution in [0.5, 0.6) is 0 Å². The number of nitrogens with two attached hydrogens (primary N) is 1. The molecule has 20 heavy (non-hydrogen) atoms. The highest BCUT2D eigenvalue weighted by molar-refractivity contribution is 9.10. The lowest BCUT2D eigenvalue weighted by Crippen LogP contribution is -2.04. The highest BCUT2D eigenvalue weighted by Crippen LogP contribution is 2.32. The number of halogens is 4. The van der Waals surface area contributed by atoms with Crippen molar-refractivity contribution in [2.24, 2.45) is 0 Å². The Balaban J connectivity index is 0.00000200. The summed E-state index contributed by atoms with van der Waals surface area (Å²) in [6.45, 7) is 0. The predicted molar refractivity (Wildman–Crippen MR) is 87.7 cm³/mol. The second kappa shape index (κ2) is 6.54. The summed E-state index contributed by atoms with van der Waals surface area (Å²) in [6, 6.07) is 8.68. The smallest absolute Gasteiger partial charge is 0.208 e. The molecule has 2 aromatic carbocycles. The lowest BCUT2D eigenvalue weighted by molar-refractivity contribution is 0.596. The number of hydrogen-bond donors (Lipinski definition) is 1. The Morgan fingerprint density at radius 3 is 2.30 bits per heavy atom. The molecule has 0 saturated heterocycles. The van der Waals surface area contributed by atoms with Crippen molar-refractivity contribution in [1.29, 1.82) is 0 Å². The average molecular weight is 418 g/mol. The Labute approximate surface area is 141 Å².